The number of benzene rings is 1. The maximum atomic E-state index is 13.3. The molecule has 3 fully saturated rings. The van der Waals surface area contributed by atoms with Crippen LogP contribution in [-0.4, -0.2) is 64.7 Å². The molecule has 3 aliphatic rings. The van der Waals surface area contributed by atoms with E-state index in [0.29, 0.717) is 53.2 Å². The zero-order chi connectivity index (χ0) is 30.6. The summed E-state index contributed by atoms with van der Waals surface area (Å²) in [5.74, 6) is -0.285. The van der Waals surface area contributed by atoms with Gasteiger partial charge in [-0.3, -0.25) is 19.3 Å². The number of hydrogen-bond acceptors (Lipinski definition) is 11. The number of amides is 2. The molecule has 3 N–H and O–H groups in total. The Morgan fingerprint density at radius 1 is 1.16 bits per heavy atom. The first-order valence-corrected chi connectivity index (χ1v) is 16.2. The van der Waals surface area contributed by atoms with Gasteiger partial charge in [-0.15, -0.1) is 6.58 Å². The van der Waals surface area contributed by atoms with E-state index in [1.807, 2.05) is 12.1 Å². The molecule has 7 rings (SSSR count). The van der Waals surface area contributed by atoms with Crippen LogP contribution in [0.4, 0.5) is 0 Å². The quantitative estimate of drug-likeness (QED) is 0.172. The van der Waals surface area contributed by atoms with E-state index in [0.717, 1.165) is 5.56 Å². The van der Waals surface area contributed by atoms with Crippen LogP contribution >= 0.6 is 9.47 Å². The van der Waals surface area contributed by atoms with Crippen LogP contribution < -0.4 is 24.6 Å². The molecule has 1 unspecified atom stereocenters. The standard InChI is InChI=1S/C29H29N6O7PS/c1-2-16-13-29(16,28(37)35-44(38,39)19-9-10-19)34-26(36)20-12-18(14-31-20)40-27-24-23(22-21(41-24)4-3-11-30-22)32-25(33-27)15-5-7-17(42-43)8-6-15/h2-8,11,16,18-20,31H,1,9-10,12-14,43H2,(H,34,36)(H,35,37)/t16-,18-,20+,29-/m1/s1. The summed E-state index contributed by atoms with van der Waals surface area (Å²) in [7, 11) is -1.57. The van der Waals surface area contributed by atoms with Crippen molar-refractivity contribution in [1.29, 1.82) is 0 Å². The van der Waals surface area contributed by atoms with Crippen LogP contribution in [0.1, 0.15) is 25.7 Å². The van der Waals surface area contributed by atoms with Crippen molar-refractivity contribution in [1.82, 2.24) is 30.3 Å². The molecule has 2 saturated carbocycles. The fraction of sp³-hybridized carbons (Fsp3) is 0.345. The number of nitrogens with one attached hydrogen (secondary N) is 3. The molecule has 5 atom stereocenters. The molecule has 4 heterocycles. The predicted molar refractivity (Wildman–Crippen MR) is 163 cm³/mol. The number of aromatic nitrogens is 3. The van der Waals surface area contributed by atoms with Crippen molar-refractivity contribution in [3.63, 3.8) is 0 Å². The summed E-state index contributed by atoms with van der Waals surface area (Å²) >= 11 is 0. The Balaban J connectivity index is 1.11. The number of carbonyl (C=O) groups excluding carboxylic acids is 2. The summed E-state index contributed by atoms with van der Waals surface area (Å²) in [5, 5.41) is 5.38. The second-order valence-corrected chi connectivity index (χ2v) is 13.4. The van der Waals surface area contributed by atoms with E-state index in [9.17, 15) is 18.0 Å². The van der Waals surface area contributed by atoms with Crippen molar-refractivity contribution in [2.24, 2.45) is 5.92 Å². The van der Waals surface area contributed by atoms with Gasteiger partial charge in [-0.05, 0) is 55.7 Å². The third-order valence-electron chi connectivity index (χ3n) is 8.22. The number of sulfonamides is 1. The Kier molecular flexibility index (Phi) is 7.02. The Labute approximate surface area is 254 Å². The number of nitrogens with zero attached hydrogens (tertiary/aromatic N) is 3. The van der Waals surface area contributed by atoms with Crippen LogP contribution in [0.25, 0.3) is 33.6 Å². The van der Waals surface area contributed by atoms with Gasteiger partial charge in [-0.1, -0.05) is 6.08 Å². The van der Waals surface area contributed by atoms with Gasteiger partial charge in [-0.25, -0.2) is 13.4 Å². The van der Waals surface area contributed by atoms with E-state index in [4.69, 9.17) is 18.7 Å². The summed E-state index contributed by atoms with van der Waals surface area (Å²) in [6, 6.07) is 10.1. The fourth-order valence-electron chi connectivity index (χ4n) is 5.51. The highest BCUT2D eigenvalue weighted by Gasteiger charge is 2.61. The molecule has 3 aromatic heterocycles. The van der Waals surface area contributed by atoms with Gasteiger partial charge >= 0.3 is 0 Å². The second-order valence-electron chi connectivity index (χ2n) is 11.2. The van der Waals surface area contributed by atoms with Crippen molar-refractivity contribution in [3.05, 3.63) is 55.3 Å². The van der Waals surface area contributed by atoms with Crippen LogP contribution in [0.2, 0.25) is 0 Å². The first kappa shape index (κ1) is 28.6. The molecule has 0 bridgehead atoms. The second kappa shape index (κ2) is 10.8. The highest BCUT2D eigenvalue weighted by molar-refractivity contribution is 7.91. The maximum Gasteiger partial charge on any atom is 0.262 e. The summed E-state index contributed by atoms with van der Waals surface area (Å²) in [5.41, 5.74) is 1.29. The zero-order valence-corrected chi connectivity index (χ0v) is 25.3. The van der Waals surface area contributed by atoms with Crippen molar-refractivity contribution in [2.75, 3.05) is 6.54 Å². The van der Waals surface area contributed by atoms with Gasteiger partial charge in [-0.2, -0.15) is 4.98 Å². The zero-order valence-electron chi connectivity index (χ0n) is 23.4. The lowest BCUT2D eigenvalue weighted by Crippen LogP contribution is -2.55. The van der Waals surface area contributed by atoms with Crippen molar-refractivity contribution >= 4 is 53.5 Å². The third-order valence-corrected chi connectivity index (χ3v) is 10.3. The lowest BCUT2D eigenvalue weighted by atomic mass is 10.1. The number of pyridine rings is 1. The summed E-state index contributed by atoms with van der Waals surface area (Å²) in [6.07, 6.45) is 4.31. The molecular formula is C29H29N6O7PS. The van der Waals surface area contributed by atoms with Crippen LogP contribution in [0.3, 0.4) is 0 Å². The fourth-order valence-corrected chi connectivity index (χ4v) is 7.03. The van der Waals surface area contributed by atoms with Gasteiger partial charge in [0.2, 0.25) is 21.5 Å². The van der Waals surface area contributed by atoms with Gasteiger partial charge in [0.05, 0.1) is 20.8 Å². The first-order valence-electron chi connectivity index (χ1n) is 14.1. The van der Waals surface area contributed by atoms with E-state index in [1.54, 1.807) is 36.5 Å². The Morgan fingerprint density at radius 3 is 2.66 bits per heavy atom. The topological polar surface area (TPSA) is 175 Å². The molecule has 13 nitrogen and oxygen atoms in total. The number of carbonyl (C=O) groups is 2. The lowest BCUT2D eigenvalue weighted by Gasteiger charge is -2.21. The molecule has 0 spiro atoms. The maximum absolute atomic E-state index is 13.3. The predicted octanol–water partition coefficient (Wildman–Crippen LogP) is 2.39. The van der Waals surface area contributed by atoms with Crippen molar-refractivity contribution in [2.45, 2.75) is 48.6 Å². The van der Waals surface area contributed by atoms with E-state index in [1.165, 1.54) is 0 Å². The number of rotatable bonds is 10. The number of furan rings is 1. The molecule has 1 aliphatic heterocycles. The molecule has 1 aromatic carbocycles. The molecule has 228 valence electrons. The normalized spacial score (nSPS) is 24.6. The number of fused-ring (bicyclic) bond motifs is 3. The highest BCUT2D eigenvalue weighted by atomic mass is 32.2. The SMILES string of the molecule is C=C[C@@H]1C[C@]1(NC(=O)[C@@H]1C[C@@H](Oc2nc(-c3ccc(OP)cc3)nc3c2oc2cccnc23)CN1)C(=O)NS(=O)(=O)C1CC1. The van der Waals surface area contributed by atoms with Crippen molar-refractivity contribution < 1.29 is 31.7 Å². The summed E-state index contributed by atoms with van der Waals surface area (Å²) in [6.45, 7) is 4.05. The van der Waals surface area contributed by atoms with E-state index >= 15 is 0 Å². The third kappa shape index (κ3) is 5.16. The van der Waals surface area contributed by atoms with Crippen LogP contribution in [0.5, 0.6) is 11.6 Å². The van der Waals surface area contributed by atoms with E-state index in [-0.39, 0.29) is 24.6 Å². The van der Waals surface area contributed by atoms with Gasteiger partial charge in [0.1, 0.15) is 28.4 Å². The number of hydrogen-bond donors (Lipinski definition) is 3. The lowest BCUT2D eigenvalue weighted by molar-refractivity contribution is -0.130. The Morgan fingerprint density at radius 2 is 1.95 bits per heavy atom. The van der Waals surface area contributed by atoms with Gasteiger partial charge in [0.15, 0.2) is 11.4 Å². The number of ether oxygens (including phenoxy) is 1. The molecule has 2 aliphatic carbocycles. The average Bonchev–Trinajstić information content (AvgIpc) is 3.92. The molecule has 0 radical (unpaired) electrons. The highest BCUT2D eigenvalue weighted by Crippen LogP contribution is 2.45. The molecule has 2 amide bonds. The van der Waals surface area contributed by atoms with Gasteiger partial charge in [0.25, 0.3) is 11.8 Å². The summed E-state index contributed by atoms with van der Waals surface area (Å²) < 4.78 is 44.5. The minimum absolute atomic E-state index is 0.206. The first-order chi connectivity index (χ1) is 21.2. The van der Waals surface area contributed by atoms with Crippen LogP contribution in [-0.2, 0) is 19.6 Å². The minimum atomic E-state index is -3.77. The molecular weight excluding hydrogens is 607 g/mol. The van der Waals surface area contributed by atoms with E-state index < -0.39 is 44.8 Å². The minimum Gasteiger partial charge on any atom is -0.480 e. The molecule has 1 saturated heterocycles. The molecule has 44 heavy (non-hydrogen) atoms. The van der Waals surface area contributed by atoms with Gasteiger partial charge in [0, 0.05) is 30.6 Å². The largest absolute Gasteiger partial charge is 0.480 e. The average molecular weight is 637 g/mol. The van der Waals surface area contributed by atoms with E-state index in [2.05, 4.69) is 41.4 Å². The smallest absolute Gasteiger partial charge is 0.262 e. The molecule has 15 heteroatoms. The van der Waals surface area contributed by atoms with Gasteiger partial charge < -0.3 is 24.3 Å². The summed E-state index contributed by atoms with van der Waals surface area (Å²) in [4.78, 5) is 40.2. The molecule has 4 aromatic rings. The van der Waals surface area contributed by atoms with Crippen molar-refractivity contribution in [3.8, 4) is 23.0 Å². The Hall–Kier alpha value is -4.13. The van der Waals surface area contributed by atoms with Crippen LogP contribution in [0.15, 0.2) is 59.7 Å². The van der Waals surface area contributed by atoms with Crippen LogP contribution in [0, 0.1) is 5.92 Å². The Bertz CT molecular complexity index is 1910. The monoisotopic (exact) mass is 636 g/mol.